The average Bonchev–Trinajstić information content (AvgIpc) is 3.51. The molecule has 5 rings (SSSR count). The Labute approximate surface area is 218 Å². The minimum absolute atomic E-state index is 0.0795. The number of hydrogen-bond acceptors (Lipinski definition) is 10. The number of anilines is 3. The molecule has 14 heteroatoms. The van der Waals surface area contributed by atoms with E-state index in [1.807, 2.05) is 0 Å². The van der Waals surface area contributed by atoms with Crippen LogP contribution in [0.1, 0.15) is 32.4 Å². The van der Waals surface area contributed by atoms with Crippen LogP contribution in [0.15, 0.2) is 18.6 Å². The van der Waals surface area contributed by atoms with E-state index in [9.17, 15) is 13.2 Å². The quantitative estimate of drug-likeness (QED) is 0.355. The van der Waals surface area contributed by atoms with Crippen molar-refractivity contribution in [1.82, 2.24) is 35.0 Å². The lowest BCUT2D eigenvalue weighted by molar-refractivity contribution is -0.174. The summed E-state index contributed by atoms with van der Waals surface area (Å²) in [5, 5.41) is 11.3. The van der Waals surface area contributed by atoms with Gasteiger partial charge in [0.2, 0.25) is 5.95 Å². The highest BCUT2D eigenvalue weighted by atomic mass is 19.4. The van der Waals surface area contributed by atoms with E-state index in [4.69, 9.17) is 24.5 Å². The number of piperazine rings is 1. The predicted octanol–water partition coefficient (Wildman–Crippen LogP) is 3.05. The van der Waals surface area contributed by atoms with E-state index < -0.39 is 12.8 Å². The first-order valence-corrected chi connectivity index (χ1v) is 12.7. The van der Waals surface area contributed by atoms with Gasteiger partial charge >= 0.3 is 6.18 Å². The van der Waals surface area contributed by atoms with E-state index in [1.54, 1.807) is 16.9 Å². The molecule has 1 saturated carbocycles. The van der Waals surface area contributed by atoms with Crippen LogP contribution in [0, 0.1) is 5.41 Å². The van der Waals surface area contributed by atoms with Crippen molar-refractivity contribution in [3.63, 3.8) is 0 Å². The van der Waals surface area contributed by atoms with E-state index in [0.717, 1.165) is 32.5 Å². The van der Waals surface area contributed by atoms with Gasteiger partial charge in [0.05, 0.1) is 26.4 Å². The van der Waals surface area contributed by atoms with Crippen LogP contribution in [0.2, 0.25) is 0 Å². The third kappa shape index (κ3) is 6.66. The summed E-state index contributed by atoms with van der Waals surface area (Å²) >= 11 is 0. The summed E-state index contributed by atoms with van der Waals surface area (Å²) in [5.41, 5.74) is 1.91. The highest BCUT2D eigenvalue weighted by Gasteiger charge is 2.37. The molecule has 0 bridgehead atoms. The molecule has 3 aromatic rings. The molecular formula is C24H32F3N9O2. The number of nitrogens with zero attached hydrogens (tertiary/aromatic N) is 7. The fraction of sp³-hybridized carbons (Fsp3) is 0.625. The maximum atomic E-state index is 12.6. The molecular weight excluding hydrogens is 503 g/mol. The second kappa shape index (κ2) is 10.9. The maximum Gasteiger partial charge on any atom is 0.411 e. The van der Waals surface area contributed by atoms with Crippen molar-refractivity contribution in [2.45, 2.75) is 52.1 Å². The summed E-state index contributed by atoms with van der Waals surface area (Å²) < 4.78 is 50.3. The summed E-state index contributed by atoms with van der Waals surface area (Å²) in [5.74, 6) is 1.49. The fourth-order valence-corrected chi connectivity index (χ4v) is 4.31. The van der Waals surface area contributed by atoms with Gasteiger partial charge in [-0.1, -0.05) is 6.92 Å². The summed E-state index contributed by atoms with van der Waals surface area (Å²) in [4.78, 5) is 20.0. The lowest BCUT2D eigenvalue weighted by Crippen LogP contribution is -2.49. The Bertz CT molecular complexity index is 1230. The molecule has 2 fully saturated rings. The van der Waals surface area contributed by atoms with Crippen molar-refractivity contribution in [3.8, 4) is 0 Å². The topological polar surface area (TPSA) is 115 Å². The summed E-state index contributed by atoms with van der Waals surface area (Å²) in [6.45, 7) is 5.93. The van der Waals surface area contributed by atoms with Crippen LogP contribution in [0.3, 0.4) is 0 Å². The maximum absolute atomic E-state index is 12.6. The molecule has 4 heterocycles. The summed E-state index contributed by atoms with van der Waals surface area (Å²) in [6.07, 6.45) is 0.868. The Hall–Kier alpha value is -3.10. The van der Waals surface area contributed by atoms with Crippen molar-refractivity contribution in [2.24, 2.45) is 5.41 Å². The molecule has 1 unspecified atom stereocenters. The molecule has 1 saturated heterocycles. The smallest absolute Gasteiger partial charge is 0.374 e. The summed E-state index contributed by atoms with van der Waals surface area (Å²) in [6, 6.07) is 1.96. The lowest BCUT2D eigenvalue weighted by atomic mass is 10.2. The molecule has 0 spiro atoms. The Morgan fingerprint density at radius 2 is 2.08 bits per heavy atom. The van der Waals surface area contributed by atoms with Gasteiger partial charge in [0.15, 0.2) is 5.82 Å². The van der Waals surface area contributed by atoms with Crippen molar-refractivity contribution in [1.29, 1.82) is 0 Å². The number of halogens is 3. The van der Waals surface area contributed by atoms with E-state index in [0.29, 0.717) is 40.9 Å². The number of alkyl halides is 3. The first kappa shape index (κ1) is 26.5. The van der Waals surface area contributed by atoms with E-state index in [2.05, 4.69) is 39.3 Å². The van der Waals surface area contributed by atoms with Crippen LogP contribution in [-0.2, 0) is 22.6 Å². The number of rotatable bonds is 11. The molecule has 2 aliphatic rings. The predicted molar refractivity (Wildman–Crippen MR) is 134 cm³/mol. The SMILES string of the molecule is CC1CN(c2nc(Nc3ccncn3)c3c(n2)c(COCC2(C)CC2)nn3CCOCC(F)(F)F)CCN1. The van der Waals surface area contributed by atoms with Crippen LogP contribution >= 0.6 is 0 Å². The molecule has 0 amide bonds. The van der Waals surface area contributed by atoms with Crippen molar-refractivity contribution in [2.75, 3.05) is 49.7 Å². The number of ether oxygens (including phenoxy) is 2. The molecule has 3 aromatic heterocycles. The lowest BCUT2D eigenvalue weighted by Gasteiger charge is -2.32. The van der Waals surface area contributed by atoms with E-state index in [-0.39, 0.29) is 31.2 Å². The van der Waals surface area contributed by atoms with Gasteiger partial charge in [0, 0.05) is 31.9 Å². The number of hydrogen-bond donors (Lipinski definition) is 2. The van der Waals surface area contributed by atoms with Gasteiger partial charge in [-0.2, -0.15) is 23.3 Å². The molecule has 2 N–H and O–H groups in total. The van der Waals surface area contributed by atoms with Crippen LogP contribution < -0.4 is 15.5 Å². The Kier molecular flexibility index (Phi) is 7.63. The monoisotopic (exact) mass is 535 g/mol. The zero-order valence-electron chi connectivity index (χ0n) is 21.5. The Balaban J connectivity index is 1.51. The molecule has 1 atom stereocenters. The highest BCUT2D eigenvalue weighted by Crippen LogP contribution is 2.45. The zero-order valence-corrected chi connectivity index (χ0v) is 21.5. The van der Waals surface area contributed by atoms with Gasteiger partial charge in [-0.25, -0.2) is 15.0 Å². The highest BCUT2D eigenvalue weighted by molar-refractivity contribution is 5.90. The van der Waals surface area contributed by atoms with E-state index in [1.165, 1.54) is 6.33 Å². The van der Waals surface area contributed by atoms with Gasteiger partial charge in [-0.3, -0.25) is 4.68 Å². The fourth-order valence-electron chi connectivity index (χ4n) is 4.31. The van der Waals surface area contributed by atoms with Gasteiger partial charge in [-0.05, 0) is 31.2 Å². The second-order valence-corrected chi connectivity index (χ2v) is 10.2. The third-order valence-electron chi connectivity index (χ3n) is 6.63. The summed E-state index contributed by atoms with van der Waals surface area (Å²) in [7, 11) is 0. The van der Waals surface area contributed by atoms with Crippen LogP contribution in [0.5, 0.6) is 0 Å². The minimum Gasteiger partial charge on any atom is -0.374 e. The molecule has 11 nitrogen and oxygen atoms in total. The van der Waals surface area contributed by atoms with Gasteiger partial charge in [0.1, 0.15) is 35.5 Å². The molecule has 38 heavy (non-hydrogen) atoms. The molecule has 0 radical (unpaired) electrons. The molecule has 206 valence electrons. The Morgan fingerprint density at radius 1 is 1.24 bits per heavy atom. The van der Waals surface area contributed by atoms with Crippen molar-refractivity contribution in [3.05, 3.63) is 24.3 Å². The normalized spacial score (nSPS) is 19.2. The Morgan fingerprint density at radius 3 is 2.79 bits per heavy atom. The van der Waals surface area contributed by atoms with Gasteiger partial charge in [0.25, 0.3) is 0 Å². The van der Waals surface area contributed by atoms with Crippen molar-refractivity contribution < 1.29 is 22.6 Å². The average molecular weight is 536 g/mol. The molecule has 1 aliphatic carbocycles. The second-order valence-electron chi connectivity index (χ2n) is 10.2. The number of aromatic nitrogens is 6. The van der Waals surface area contributed by atoms with Gasteiger partial charge < -0.3 is 25.0 Å². The minimum atomic E-state index is -4.40. The molecule has 1 aliphatic heterocycles. The first-order valence-electron chi connectivity index (χ1n) is 12.7. The number of nitrogens with one attached hydrogen (secondary N) is 2. The standard InChI is InChI=1S/C24H32F3N9O2/c1-16-11-35(8-7-29-16)22-32-19-17(12-38-13-23(2)4-5-23)34-36(9-10-37-14-24(25,26)27)20(19)21(33-22)31-18-3-6-28-15-30-18/h3,6,15-16,29H,4-5,7-14H2,1-2H3,(H,28,30,31,32,33). The van der Waals surface area contributed by atoms with Crippen LogP contribution in [0.4, 0.5) is 30.8 Å². The van der Waals surface area contributed by atoms with Crippen molar-refractivity contribution >= 4 is 28.6 Å². The van der Waals surface area contributed by atoms with Crippen LogP contribution in [-0.4, -0.2) is 81.4 Å². The van der Waals surface area contributed by atoms with Crippen LogP contribution in [0.25, 0.3) is 11.0 Å². The zero-order chi connectivity index (χ0) is 26.8. The van der Waals surface area contributed by atoms with Gasteiger partial charge in [-0.15, -0.1) is 0 Å². The largest absolute Gasteiger partial charge is 0.411 e. The number of fused-ring (bicyclic) bond motifs is 1. The molecule has 0 aromatic carbocycles. The first-order chi connectivity index (χ1) is 18.2. The van der Waals surface area contributed by atoms with E-state index >= 15 is 0 Å². The third-order valence-corrected chi connectivity index (χ3v) is 6.63.